The van der Waals surface area contributed by atoms with Gasteiger partial charge in [0.25, 0.3) is 5.91 Å². The molecule has 5 heteroatoms. The lowest BCUT2D eigenvalue weighted by molar-refractivity contribution is -0.119. The van der Waals surface area contributed by atoms with E-state index < -0.39 is 11.9 Å². The Labute approximate surface area is 134 Å². The zero-order valence-electron chi connectivity index (χ0n) is 12.9. The highest BCUT2D eigenvalue weighted by molar-refractivity contribution is 6.11. The summed E-state index contributed by atoms with van der Waals surface area (Å²) >= 11 is 0. The highest BCUT2D eigenvalue weighted by atomic mass is 16.5. The summed E-state index contributed by atoms with van der Waals surface area (Å²) < 4.78 is 5.38. The lowest BCUT2D eigenvalue weighted by atomic mass is 10.1. The predicted molar refractivity (Wildman–Crippen MR) is 87.5 cm³/mol. The molecule has 0 unspecified atom stereocenters. The third kappa shape index (κ3) is 2.77. The molecule has 3 rings (SSSR count). The molecule has 0 bridgehead atoms. The van der Waals surface area contributed by atoms with E-state index in [2.05, 4.69) is 0 Å². The maximum atomic E-state index is 12.9. The minimum Gasteiger partial charge on any atom is -0.494 e. The van der Waals surface area contributed by atoms with Gasteiger partial charge in [0.2, 0.25) is 5.91 Å². The standard InChI is InChI=1S/C18H18N2O3/c1-2-23-14-9-7-12(8-10-14)18(22)20-15-6-4-3-5-13(15)11-16(20)17(19)21/h3-10,16H,2,11H2,1H3,(H2,19,21)/t16-/m0/s1. The monoisotopic (exact) mass is 310 g/mol. The first-order chi connectivity index (χ1) is 11.1. The molecule has 0 radical (unpaired) electrons. The lowest BCUT2D eigenvalue weighted by Crippen LogP contribution is -2.46. The largest absolute Gasteiger partial charge is 0.494 e. The summed E-state index contributed by atoms with van der Waals surface area (Å²) in [7, 11) is 0. The van der Waals surface area contributed by atoms with Crippen molar-refractivity contribution in [2.45, 2.75) is 19.4 Å². The molecule has 1 atom stereocenters. The summed E-state index contributed by atoms with van der Waals surface area (Å²) in [5.41, 5.74) is 7.69. The van der Waals surface area contributed by atoms with E-state index >= 15 is 0 Å². The second-order valence-electron chi connectivity index (χ2n) is 5.38. The number of fused-ring (bicyclic) bond motifs is 1. The van der Waals surface area contributed by atoms with Crippen LogP contribution in [0.15, 0.2) is 48.5 Å². The van der Waals surface area contributed by atoms with Crippen LogP contribution in [0.1, 0.15) is 22.8 Å². The van der Waals surface area contributed by atoms with Crippen molar-refractivity contribution < 1.29 is 14.3 Å². The van der Waals surface area contributed by atoms with Crippen molar-refractivity contribution >= 4 is 17.5 Å². The number of hydrogen-bond donors (Lipinski definition) is 1. The molecule has 0 aromatic heterocycles. The van der Waals surface area contributed by atoms with Gasteiger partial charge in [-0.25, -0.2) is 0 Å². The summed E-state index contributed by atoms with van der Waals surface area (Å²) in [5, 5.41) is 0. The Morgan fingerprint density at radius 2 is 1.87 bits per heavy atom. The number of hydrogen-bond acceptors (Lipinski definition) is 3. The average molecular weight is 310 g/mol. The van der Waals surface area contributed by atoms with Crippen molar-refractivity contribution in [1.82, 2.24) is 0 Å². The topological polar surface area (TPSA) is 72.6 Å². The molecule has 2 aromatic carbocycles. The zero-order valence-corrected chi connectivity index (χ0v) is 12.9. The van der Waals surface area contributed by atoms with Crippen molar-refractivity contribution in [2.75, 3.05) is 11.5 Å². The van der Waals surface area contributed by atoms with Crippen LogP contribution in [0.2, 0.25) is 0 Å². The number of anilines is 1. The molecule has 1 heterocycles. The van der Waals surface area contributed by atoms with Crippen molar-refractivity contribution in [3.63, 3.8) is 0 Å². The number of nitrogens with zero attached hydrogens (tertiary/aromatic N) is 1. The number of para-hydroxylation sites is 1. The highest BCUT2D eigenvalue weighted by Gasteiger charge is 2.37. The van der Waals surface area contributed by atoms with Gasteiger partial charge < -0.3 is 10.5 Å². The normalized spacial score (nSPS) is 16.0. The van der Waals surface area contributed by atoms with Crippen molar-refractivity contribution in [3.05, 3.63) is 59.7 Å². The van der Waals surface area contributed by atoms with Crippen LogP contribution in [0.5, 0.6) is 5.75 Å². The second-order valence-corrected chi connectivity index (χ2v) is 5.38. The molecule has 2 aromatic rings. The quantitative estimate of drug-likeness (QED) is 0.940. The fraction of sp³-hybridized carbons (Fsp3) is 0.222. The summed E-state index contributed by atoms with van der Waals surface area (Å²) in [4.78, 5) is 26.1. The van der Waals surface area contributed by atoms with E-state index in [1.165, 1.54) is 4.90 Å². The van der Waals surface area contributed by atoms with E-state index in [-0.39, 0.29) is 5.91 Å². The van der Waals surface area contributed by atoms with Gasteiger partial charge in [-0.15, -0.1) is 0 Å². The van der Waals surface area contributed by atoms with E-state index in [9.17, 15) is 9.59 Å². The van der Waals surface area contributed by atoms with Crippen LogP contribution in [-0.4, -0.2) is 24.5 Å². The Hall–Kier alpha value is -2.82. The molecule has 118 valence electrons. The van der Waals surface area contributed by atoms with Gasteiger partial charge in [0, 0.05) is 17.7 Å². The summed E-state index contributed by atoms with van der Waals surface area (Å²) in [6.07, 6.45) is 0.453. The van der Waals surface area contributed by atoms with Crippen LogP contribution in [0.4, 0.5) is 5.69 Å². The molecule has 2 N–H and O–H groups in total. The van der Waals surface area contributed by atoms with E-state index in [0.29, 0.717) is 24.3 Å². The van der Waals surface area contributed by atoms with Gasteiger partial charge >= 0.3 is 0 Å². The summed E-state index contributed by atoms with van der Waals surface area (Å²) in [6, 6.07) is 13.7. The van der Waals surface area contributed by atoms with E-state index in [1.807, 2.05) is 31.2 Å². The van der Waals surface area contributed by atoms with Gasteiger partial charge in [-0.2, -0.15) is 0 Å². The number of rotatable bonds is 4. The zero-order chi connectivity index (χ0) is 16.4. The highest BCUT2D eigenvalue weighted by Crippen LogP contribution is 2.33. The van der Waals surface area contributed by atoms with Gasteiger partial charge in [-0.3, -0.25) is 14.5 Å². The first-order valence-corrected chi connectivity index (χ1v) is 7.55. The number of ether oxygens (including phenoxy) is 1. The fourth-order valence-electron chi connectivity index (χ4n) is 2.86. The Balaban J connectivity index is 1.94. The average Bonchev–Trinajstić information content (AvgIpc) is 2.95. The van der Waals surface area contributed by atoms with Crippen molar-refractivity contribution in [1.29, 1.82) is 0 Å². The summed E-state index contributed by atoms with van der Waals surface area (Å²) in [5.74, 6) is -0.0281. The summed E-state index contributed by atoms with van der Waals surface area (Å²) in [6.45, 7) is 2.47. The second kappa shape index (κ2) is 6.12. The van der Waals surface area contributed by atoms with Crippen LogP contribution in [-0.2, 0) is 11.2 Å². The van der Waals surface area contributed by atoms with Crippen LogP contribution in [0.25, 0.3) is 0 Å². The third-order valence-corrected chi connectivity index (χ3v) is 3.94. The molecule has 0 spiro atoms. The van der Waals surface area contributed by atoms with E-state index in [1.54, 1.807) is 24.3 Å². The lowest BCUT2D eigenvalue weighted by Gasteiger charge is -2.23. The van der Waals surface area contributed by atoms with Gasteiger partial charge in [-0.1, -0.05) is 18.2 Å². The van der Waals surface area contributed by atoms with Crippen LogP contribution < -0.4 is 15.4 Å². The molecule has 1 aliphatic rings. The third-order valence-electron chi connectivity index (χ3n) is 3.94. The Morgan fingerprint density at radius 3 is 2.52 bits per heavy atom. The molecule has 0 fully saturated rings. The number of amides is 2. The number of benzene rings is 2. The fourth-order valence-corrected chi connectivity index (χ4v) is 2.86. The molecule has 2 amide bonds. The molecule has 5 nitrogen and oxygen atoms in total. The van der Waals surface area contributed by atoms with E-state index in [0.717, 1.165) is 11.3 Å². The number of carbonyl (C=O) groups excluding carboxylic acids is 2. The molecule has 0 aliphatic carbocycles. The smallest absolute Gasteiger partial charge is 0.259 e. The van der Waals surface area contributed by atoms with Gasteiger partial charge in [0.15, 0.2) is 0 Å². The molecular formula is C18H18N2O3. The minimum atomic E-state index is -0.647. The van der Waals surface area contributed by atoms with Crippen LogP contribution in [0, 0.1) is 0 Å². The maximum absolute atomic E-state index is 12.9. The Morgan fingerprint density at radius 1 is 1.17 bits per heavy atom. The number of nitrogens with two attached hydrogens (primary N) is 1. The Bertz CT molecular complexity index is 740. The SMILES string of the molecule is CCOc1ccc(C(=O)N2c3ccccc3C[C@H]2C(N)=O)cc1. The van der Waals surface area contributed by atoms with Gasteiger partial charge in [0.05, 0.1) is 6.61 Å². The van der Waals surface area contributed by atoms with E-state index in [4.69, 9.17) is 10.5 Å². The van der Waals surface area contributed by atoms with Crippen LogP contribution >= 0.6 is 0 Å². The Kier molecular flexibility index (Phi) is 4.02. The number of carbonyl (C=O) groups is 2. The molecule has 1 aliphatic heterocycles. The predicted octanol–water partition coefficient (Wildman–Crippen LogP) is 2.14. The van der Waals surface area contributed by atoms with Gasteiger partial charge in [-0.05, 0) is 42.8 Å². The first kappa shape index (κ1) is 15.1. The number of primary amides is 1. The molecule has 0 saturated heterocycles. The van der Waals surface area contributed by atoms with Crippen molar-refractivity contribution in [3.8, 4) is 5.75 Å². The minimum absolute atomic E-state index is 0.234. The first-order valence-electron chi connectivity index (χ1n) is 7.55. The molecular weight excluding hydrogens is 292 g/mol. The molecule has 23 heavy (non-hydrogen) atoms. The van der Waals surface area contributed by atoms with Gasteiger partial charge in [0.1, 0.15) is 11.8 Å². The maximum Gasteiger partial charge on any atom is 0.259 e. The van der Waals surface area contributed by atoms with Crippen LogP contribution in [0.3, 0.4) is 0 Å². The molecule has 0 saturated carbocycles. The van der Waals surface area contributed by atoms with Crippen molar-refractivity contribution in [2.24, 2.45) is 5.73 Å².